The number of rotatable bonds is 2. The molecule has 2 heterocycles. The van der Waals surface area contributed by atoms with Crippen LogP contribution in [0.1, 0.15) is 29.6 Å². The number of hydrogen-bond donors (Lipinski definition) is 1. The molecule has 7 nitrogen and oxygen atoms in total. The number of nitrogens with zero attached hydrogens (tertiary/aromatic N) is 5. The molecule has 102 valence electrons. The maximum Gasteiger partial charge on any atom is 0.252 e. The molecule has 0 spiro atoms. The van der Waals surface area contributed by atoms with E-state index in [1.807, 2.05) is 26.0 Å². The van der Waals surface area contributed by atoms with Crippen LogP contribution in [0, 0.1) is 32.1 Å². The predicted molar refractivity (Wildman–Crippen MR) is 72.4 cm³/mol. The summed E-state index contributed by atoms with van der Waals surface area (Å²) in [5, 5.41) is 16.0. The van der Waals surface area contributed by atoms with Crippen molar-refractivity contribution in [1.29, 1.82) is 5.26 Å². The van der Waals surface area contributed by atoms with Crippen LogP contribution in [0.4, 0.5) is 5.82 Å². The topological polar surface area (TPSA) is 96.5 Å². The van der Waals surface area contributed by atoms with Gasteiger partial charge in [0.1, 0.15) is 11.6 Å². The fourth-order valence-electron chi connectivity index (χ4n) is 1.89. The molecule has 0 saturated carbocycles. The third kappa shape index (κ3) is 2.49. The monoisotopic (exact) mass is 270 g/mol. The van der Waals surface area contributed by atoms with Gasteiger partial charge in [-0.1, -0.05) is 0 Å². The molecule has 0 aliphatic rings. The molecule has 1 amide bonds. The number of aromatic nitrogens is 4. The zero-order chi connectivity index (χ0) is 14.9. The van der Waals surface area contributed by atoms with Gasteiger partial charge < -0.3 is 5.32 Å². The highest BCUT2D eigenvalue weighted by molar-refractivity contribution is 5.89. The molecule has 0 fully saturated rings. The van der Waals surface area contributed by atoms with E-state index in [0.29, 0.717) is 23.0 Å². The maximum atomic E-state index is 11.3. The van der Waals surface area contributed by atoms with E-state index in [0.717, 1.165) is 11.4 Å². The Balaban J connectivity index is 2.67. The molecule has 2 rings (SSSR count). The average molecular weight is 270 g/mol. The molecule has 0 unspecified atom stereocenters. The van der Waals surface area contributed by atoms with E-state index in [2.05, 4.69) is 20.4 Å². The standard InChI is InChI=1S/C13H14N6O/c1-7-5-8(2)16-13(15-7)19-12(17-10(4)20)11(6-14)9(3)18-19/h5H,1-4H3,(H,17,20). The molecule has 0 atom stereocenters. The van der Waals surface area contributed by atoms with Crippen molar-refractivity contribution in [3.05, 3.63) is 28.7 Å². The summed E-state index contributed by atoms with van der Waals surface area (Å²) in [5.74, 6) is 0.338. The minimum absolute atomic E-state index is 0.285. The second-order valence-corrected chi connectivity index (χ2v) is 4.46. The molecule has 0 aliphatic heterocycles. The Kier molecular flexibility index (Phi) is 3.48. The van der Waals surface area contributed by atoms with Gasteiger partial charge in [0.25, 0.3) is 5.95 Å². The van der Waals surface area contributed by atoms with Gasteiger partial charge >= 0.3 is 0 Å². The van der Waals surface area contributed by atoms with Crippen LogP contribution < -0.4 is 5.32 Å². The van der Waals surface area contributed by atoms with Crippen LogP contribution in [0.3, 0.4) is 0 Å². The molecular formula is C13H14N6O. The molecule has 0 aromatic carbocycles. The SMILES string of the molecule is CC(=O)Nc1c(C#N)c(C)nn1-c1nc(C)cc(C)n1. The van der Waals surface area contributed by atoms with Gasteiger partial charge in [0, 0.05) is 18.3 Å². The van der Waals surface area contributed by atoms with Crippen LogP contribution >= 0.6 is 0 Å². The van der Waals surface area contributed by atoms with Crippen molar-refractivity contribution in [3.63, 3.8) is 0 Å². The summed E-state index contributed by atoms with van der Waals surface area (Å²) in [4.78, 5) is 19.9. The zero-order valence-electron chi connectivity index (χ0n) is 11.7. The Morgan fingerprint density at radius 1 is 1.30 bits per heavy atom. The second kappa shape index (κ2) is 5.09. The molecule has 20 heavy (non-hydrogen) atoms. The van der Waals surface area contributed by atoms with Crippen LogP contribution in [0.5, 0.6) is 0 Å². The number of nitriles is 1. The maximum absolute atomic E-state index is 11.3. The number of anilines is 1. The lowest BCUT2D eigenvalue weighted by Gasteiger charge is -2.07. The highest BCUT2D eigenvalue weighted by Crippen LogP contribution is 2.21. The first-order chi connectivity index (χ1) is 9.42. The zero-order valence-corrected chi connectivity index (χ0v) is 11.7. The van der Waals surface area contributed by atoms with Gasteiger partial charge in [-0.15, -0.1) is 0 Å². The Morgan fingerprint density at radius 2 is 1.90 bits per heavy atom. The van der Waals surface area contributed by atoms with Crippen LogP contribution in [0.25, 0.3) is 5.95 Å². The van der Waals surface area contributed by atoms with E-state index in [1.165, 1.54) is 11.6 Å². The van der Waals surface area contributed by atoms with Crippen molar-refractivity contribution in [2.45, 2.75) is 27.7 Å². The number of carbonyl (C=O) groups excluding carboxylic acids is 1. The van der Waals surface area contributed by atoms with E-state index >= 15 is 0 Å². The molecule has 2 aromatic heterocycles. The number of amides is 1. The molecule has 1 N–H and O–H groups in total. The molecule has 0 saturated heterocycles. The first kappa shape index (κ1) is 13.7. The minimum atomic E-state index is -0.285. The molecular weight excluding hydrogens is 256 g/mol. The largest absolute Gasteiger partial charge is 0.310 e. The summed E-state index contributed by atoms with van der Waals surface area (Å²) in [6.07, 6.45) is 0. The molecule has 0 radical (unpaired) electrons. The summed E-state index contributed by atoms with van der Waals surface area (Å²) in [7, 11) is 0. The summed E-state index contributed by atoms with van der Waals surface area (Å²) in [6, 6.07) is 3.87. The van der Waals surface area contributed by atoms with Crippen LogP contribution in [-0.4, -0.2) is 25.7 Å². The van der Waals surface area contributed by atoms with Gasteiger partial charge in [-0.3, -0.25) is 4.79 Å². The van der Waals surface area contributed by atoms with Gasteiger partial charge in [-0.25, -0.2) is 9.97 Å². The van der Waals surface area contributed by atoms with E-state index in [4.69, 9.17) is 0 Å². The van der Waals surface area contributed by atoms with E-state index in [-0.39, 0.29) is 5.91 Å². The number of nitrogens with one attached hydrogen (secondary N) is 1. The van der Waals surface area contributed by atoms with Gasteiger partial charge in [-0.2, -0.15) is 15.0 Å². The Morgan fingerprint density at radius 3 is 2.40 bits per heavy atom. The highest BCUT2D eigenvalue weighted by atomic mass is 16.1. The summed E-state index contributed by atoms with van der Waals surface area (Å²) < 4.78 is 1.38. The Bertz CT molecular complexity index is 705. The first-order valence-corrected chi connectivity index (χ1v) is 6.02. The Hall–Kier alpha value is -2.75. The Labute approximate surface area is 116 Å². The molecule has 0 aliphatic carbocycles. The number of carbonyl (C=O) groups is 1. The van der Waals surface area contributed by atoms with Crippen molar-refractivity contribution in [3.8, 4) is 12.0 Å². The van der Waals surface area contributed by atoms with Gasteiger partial charge in [0.05, 0.1) is 5.69 Å². The third-order valence-electron chi connectivity index (χ3n) is 2.63. The van der Waals surface area contributed by atoms with E-state index in [9.17, 15) is 10.1 Å². The lowest BCUT2D eigenvalue weighted by atomic mass is 10.2. The normalized spacial score (nSPS) is 10.2. The smallest absolute Gasteiger partial charge is 0.252 e. The minimum Gasteiger partial charge on any atom is -0.310 e. The first-order valence-electron chi connectivity index (χ1n) is 6.02. The van der Waals surface area contributed by atoms with Crippen LogP contribution in [-0.2, 0) is 4.79 Å². The molecule has 0 bridgehead atoms. The number of hydrogen-bond acceptors (Lipinski definition) is 5. The lowest BCUT2D eigenvalue weighted by molar-refractivity contribution is -0.114. The second-order valence-electron chi connectivity index (χ2n) is 4.46. The lowest BCUT2D eigenvalue weighted by Crippen LogP contribution is -2.14. The molecule has 7 heteroatoms. The van der Waals surface area contributed by atoms with Crippen molar-refractivity contribution < 1.29 is 4.79 Å². The van der Waals surface area contributed by atoms with Crippen molar-refractivity contribution in [2.24, 2.45) is 0 Å². The predicted octanol–water partition coefficient (Wildman–Crippen LogP) is 1.42. The summed E-state index contributed by atoms with van der Waals surface area (Å²) in [6.45, 7) is 6.76. The number of aryl methyl sites for hydroxylation is 3. The fourth-order valence-corrected chi connectivity index (χ4v) is 1.89. The summed E-state index contributed by atoms with van der Waals surface area (Å²) >= 11 is 0. The quantitative estimate of drug-likeness (QED) is 0.890. The van der Waals surface area contributed by atoms with Crippen LogP contribution in [0.15, 0.2) is 6.07 Å². The van der Waals surface area contributed by atoms with Gasteiger partial charge in [0.2, 0.25) is 5.91 Å². The fraction of sp³-hybridized carbons (Fsp3) is 0.308. The third-order valence-corrected chi connectivity index (χ3v) is 2.63. The average Bonchev–Trinajstić information content (AvgIpc) is 2.63. The van der Waals surface area contributed by atoms with Crippen molar-refractivity contribution in [1.82, 2.24) is 19.7 Å². The van der Waals surface area contributed by atoms with Gasteiger partial charge in [-0.05, 0) is 26.8 Å². The van der Waals surface area contributed by atoms with Gasteiger partial charge in [0.15, 0.2) is 5.82 Å². The molecule has 2 aromatic rings. The van der Waals surface area contributed by atoms with E-state index < -0.39 is 0 Å². The van der Waals surface area contributed by atoms with Crippen molar-refractivity contribution >= 4 is 11.7 Å². The van der Waals surface area contributed by atoms with E-state index in [1.54, 1.807) is 6.92 Å². The van der Waals surface area contributed by atoms with Crippen molar-refractivity contribution in [2.75, 3.05) is 5.32 Å². The van der Waals surface area contributed by atoms with Crippen LogP contribution in [0.2, 0.25) is 0 Å². The summed E-state index contributed by atoms with van der Waals surface area (Å²) in [5.41, 5.74) is 2.39. The highest BCUT2D eigenvalue weighted by Gasteiger charge is 2.19.